The lowest BCUT2D eigenvalue weighted by Crippen LogP contribution is -2.11. The van der Waals surface area contributed by atoms with E-state index in [0.29, 0.717) is 12.2 Å². The van der Waals surface area contributed by atoms with Gasteiger partial charge in [-0.3, -0.25) is 9.59 Å². The molecule has 140 valence electrons. The minimum atomic E-state index is 0.0220. The van der Waals surface area contributed by atoms with E-state index in [4.69, 9.17) is 4.74 Å². The Kier molecular flexibility index (Phi) is 8.04. The number of carbonyl (C=O) groups is 2. The number of para-hydroxylation sites is 1. The van der Waals surface area contributed by atoms with E-state index in [1.165, 1.54) is 0 Å². The second kappa shape index (κ2) is 10.8. The standard InChI is InChI=1S/C23H25NO3/c1-3-19-13-14-21(27-16-15-25)17-20(19)10-5-4-6-12-23(26)24-22-11-8-7-9-18(22)2/h3,5,7-11,13-15,17H,1,4,6,12,16H2,2H3,(H,24,26)/b10-5-. The van der Waals surface area contributed by atoms with Crippen molar-refractivity contribution in [1.29, 1.82) is 0 Å². The van der Waals surface area contributed by atoms with Gasteiger partial charge in [-0.15, -0.1) is 0 Å². The van der Waals surface area contributed by atoms with Crippen LogP contribution in [0.5, 0.6) is 5.75 Å². The van der Waals surface area contributed by atoms with Crippen LogP contribution in [0.15, 0.2) is 55.1 Å². The van der Waals surface area contributed by atoms with E-state index in [1.54, 1.807) is 6.08 Å². The normalized spacial score (nSPS) is 10.6. The van der Waals surface area contributed by atoms with Crippen molar-refractivity contribution in [3.63, 3.8) is 0 Å². The molecular formula is C23H25NO3. The van der Waals surface area contributed by atoms with Gasteiger partial charge in [0.25, 0.3) is 0 Å². The molecule has 0 atom stereocenters. The largest absolute Gasteiger partial charge is 0.486 e. The molecule has 0 bridgehead atoms. The molecular weight excluding hydrogens is 338 g/mol. The molecule has 0 saturated heterocycles. The van der Waals surface area contributed by atoms with Gasteiger partial charge in [0.2, 0.25) is 5.91 Å². The maximum Gasteiger partial charge on any atom is 0.224 e. The highest BCUT2D eigenvalue weighted by molar-refractivity contribution is 5.91. The topological polar surface area (TPSA) is 55.4 Å². The summed E-state index contributed by atoms with van der Waals surface area (Å²) in [6.45, 7) is 5.82. The molecule has 0 spiro atoms. The summed E-state index contributed by atoms with van der Waals surface area (Å²) in [4.78, 5) is 22.5. The summed E-state index contributed by atoms with van der Waals surface area (Å²) in [5, 5.41) is 2.94. The third-order valence-electron chi connectivity index (χ3n) is 4.09. The summed E-state index contributed by atoms with van der Waals surface area (Å²) in [6, 6.07) is 13.3. The van der Waals surface area contributed by atoms with Gasteiger partial charge in [-0.25, -0.2) is 0 Å². The molecule has 1 N–H and O–H groups in total. The van der Waals surface area contributed by atoms with Gasteiger partial charge in [-0.2, -0.15) is 0 Å². The van der Waals surface area contributed by atoms with Crippen molar-refractivity contribution in [3.8, 4) is 5.75 Å². The van der Waals surface area contributed by atoms with Gasteiger partial charge in [0.15, 0.2) is 6.29 Å². The molecule has 2 aromatic rings. The van der Waals surface area contributed by atoms with Gasteiger partial charge in [-0.1, -0.05) is 49.1 Å². The maximum atomic E-state index is 12.0. The second-order valence-electron chi connectivity index (χ2n) is 6.13. The van der Waals surface area contributed by atoms with Crippen molar-refractivity contribution >= 4 is 30.0 Å². The summed E-state index contributed by atoms with van der Waals surface area (Å²) in [5.74, 6) is 0.665. The number of carbonyl (C=O) groups excluding carboxylic acids is 2. The van der Waals surface area contributed by atoms with E-state index < -0.39 is 0 Å². The lowest BCUT2D eigenvalue weighted by atomic mass is 10.1. The number of rotatable bonds is 10. The van der Waals surface area contributed by atoms with Crippen LogP contribution >= 0.6 is 0 Å². The zero-order valence-electron chi connectivity index (χ0n) is 15.6. The summed E-state index contributed by atoms with van der Waals surface area (Å²) in [6.07, 6.45) is 8.54. The summed E-state index contributed by atoms with van der Waals surface area (Å²) in [5.41, 5.74) is 3.87. The van der Waals surface area contributed by atoms with Crippen molar-refractivity contribution in [2.75, 3.05) is 11.9 Å². The first-order valence-corrected chi connectivity index (χ1v) is 8.99. The van der Waals surface area contributed by atoms with Crippen LogP contribution in [0, 0.1) is 6.92 Å². The maximum absolute atomic E-state index is 12.0. The predicted octanol–water partition coefficient (Wildman–Crippen LogP) is 5.04. The number of unbranched alkanes of at least 4 members (excludes halogenated alkanes) is 1. The van der Waals surface area contributed by atoms with Crippen molar-refractivity contribution in [3.05, 3.63) is 71.8 Å². The van der Waals surface area contributed by atoms with Crippen LogP contribution in [0.2, 0.25) is 0 Å². The van der Waals surface area contributed by atoms with Crippen molar-refractivity contribution in [1.82, 2.24) is 0 Å². The van der Waals surface area contributed by atoms with E-state index in [2.05, 4.69) is 11.9 Å². The number of hydrogen-bond donors (Lipinski definition) is 1. The number of hydrogen-bond acceptors (Lipinski definition) is 3. The van der Waals surface area contributed by atoms with E-state index in [1.807, 2.05) is 61.5 Å². The van der Waals surface area contributed by atoms with Crippen LogP contribution in [0.4, 0.5) is 5.69 Å². The highest BCUT2D eigenvalue weighted by Gasteiger charge is 2.04. The number of nitrogens with one attached hydrogen (secondary N) is 1. The number of aldehydes is 1. The fourth-order valence-corrected chi connectivity index (χ4v) is 2.62. The first-order chi connectivity index (χ1) is 13.1. The Bertz CT molecular complexity index is 824. The van der Waals surface area contributed by atoms with Gasteiger partial charge in [0.05, 0.1) is 0 Å². The highest BCUT2D eigenvalue weighted by atomic mass is 16.5. The molecule has 1 amide bonds. The van der Waals surface area contributed by atoms with E-state index in [0.717, 1.165) is 41.5 Å². The molecule has 4 heteroatoms. The molecule has 0 heterocycles. The quantitative estimate of drug-likeness (QED) is 0.475. The van der Waals surface area contributed by atoms with Crippen molar-refractivity contribution in [2.45, 2.75) is 26.2 Å². The Labute approximate surface area is 160 Å². The Balaban J connectivity index is 1.84. The third kappa shape index (κ3) is 6.59. The van der Waals surface area contributed by atoms with Crippen LogP contribution in [-0.2, 0) is 9.59 Å². The summed E-state index contributed by atoms with van der Waals surface area (Å²) >= 11 is 0. The van der Waals surface area contributed by atoms with Gasteiger partial charge in [0, 0.05) is 12.1 Å². The van der Waals surface area contributed by atoms with Crippen LogP contribution in [0.1, 0.15) is 36.0 Å². The monoisotopic (exact) mass is 363 g/mol. The zero-order valence-corrected chi connectivity index (χ0v) is 15.6. The van der Waals surface area contributed by atoms with Gasteiger partial charge < -0.3 is 10.1 Å². The molecule has 0 aliphatic heterocycles. The number of benzene rings is 2. The lowest BCUT2D eigenvalue weighted by Gasteiger charge is -2.07. The van der Waals surface area contributed by atoms with Crippen LogP contribution in [0.3, 0.4) is 0 Å². The highest BCUT2D eigenvalue weighted by Crippen LogP contribution is 2.21. The number of ether oxygens (including phenoxy) is 1. The molecule has 0 aromatic heterocycles. The van der Waals surface area contributed by atoms with E-state index >= 15 is 0 Å². The molecule has 4 nitrogen and oxygen atoms in total. The number of amides is 1. The molecule has 2 rings (SSSR count). The van der Waals surface area contributed by atoms with Gasteiger partial charge >= 0.3 is 0 Å². The van der Waals surface area contributed by atoms with Crippen LogP contribution < -0.4 is 10.1 Å². The minimum Gasteiger partial charge on any atom is -0.486 e. The van der Waals surface area contributed by atoms with Crippen LogP contribution in [0.25, 0.3) is 12.2 Å². The van der Waals surface area contributed by atoms with E-state index in [9.17, 15) is 9.59 Å². The summed E-state index contributed by atoms with van der Waals surface area (Å²) < 4.78 is 5.33. The van der Waals surface area contributed by atoms with Gasteiger partial charge in [-0.05, 0) is 54.7 Å². The van der Waals surface area contributed by atoms with Gasteiger partial charge in [0.1, 0.15) is 12.4 Å². The lowest BCUT2D eigenvalue weighted by molar-refractivity contribution is -0.116. The first-order valence-electron chi connectivity index (χ1n) is 8.99. The smallest absolute Gasteiger partial charge is 0.224 e. The van der Waals surface area contributed by atoms with E-state index in [-0.39, 0.29) is 12.5 Å². The third-order valence-corrected chi connectivity index (χ3v) is 4.09. The Hall–Kier alpha value is -3.14. The summed E-state index contributed by atoms with van der Waals surface area (Å²) in [7, 11) is 0. The van der Waals surface area contributed by atoms with Crippen LogP contribution in [-0.4, -0.2) is 18.8 Å². The Morgan fingerprint density at radius 3 is 2.74 bits per heavy atom. The molecule has 2 aromatic carbocycles. The zero-order chi connectivity index (χ0) is 19.5. The Morgan fingerprint density at radius 1 is 1.19 bits per heavy atom. The average Bonchev–Trinajstić information content (AvgIpc) is 2.68. The molecule has 0 aliphatic carbocycles. The second-order valence-corrected chi connectivity index (χ2v) is 6.13. The fraction of sp³-hybridized carbons (Fsp3) is 0.217. The fourth-order valence-electron chi connectivity index (χ4n) is 2.62. The number of aryl methyl sites for hydroxylation is 1. The molecule has 0 fully saturated rings. The predicted molar refractivity (Wildman–Crippen MR) is 111 cm³/mol. The molecule has 0 unspecified atom stereocenters. The molecule has 0 aliphatic rings. The first kappa shape index (κ1) is 20.2. The minimum absolute atomic E-state index is 0.0220. The molecule has 0 saturated carbocycles. The number of anilines is 1. The van der Waals surface area contributed by atoms with Crippen molar-refractivity contribution in [2.24, 2.45) is 0 Å². The Morgan fingerprint density at radius 2 is 2.00 bits per heavy atom. The van der Waals surface area contributed by atoms with Crippen molar-refractivity contribution < 1.29 is 14.3 Å². The average molecular weight is 363 g/mol. The molecule has 0 radical (unpaired) electrons. The molecule has 27 heavy (non-hydrogen) atoms. The number of allylic oxidation sites excluding steroid dienone is 1. The SMILES string of the molecule is C=Cc1ccc(OCC=O)cc1/C=C\CCCC(=O)Nc1ccccc1C.